The van der Waals surface area contributed by atoms with Crippen LogP contribution < -0.4 is 10.8 Å². The summed E-state index contributed by atoms with van der Waals surface area (Å²) >= 11 is 1.66. The maximum atomic E-state index is 11.4. The minimum absolute atomic E-state index is 0.325. The molecule has 0 radical (unpaired) electrons. The van der Waals surface area contributed by atoms with Crippen LogP contribution in [0.3, 0.4) is 0 Å². The van der Waals surface area contributed by atoms with Crippen LogP contribution in [0.15, 0.2) is 59.0 Å². The zero-order valence-corrected chi connectivity index (χ0v) is 17.1. The van der Waals surface area contributed by atoms with Gasteiger partial charge in [-0.1, -0.05) is 41.7 Å². The molecule has 148 valence electrons. The van der Waals surface area contributed by atoms with Crippen molar-refractivity contribution in [2.45, 2.75) is 25.3 Å². The first-order valence-electron chi connectivity index (χ1n) is 9.40. The lowest BCUT2D eigenvalue weighted by molar-refractivity contribution is 0.377. The molecule has 0 spiro atoms. The van der Waals surface area contributed by atoms with Gasteiger partial charge in [0.2, 0.25) is 5.50 Å². The average molecular weight is 426 g/mol. The Bertz CT molecular complexity index is 1240. The largest absolute Gasteiger partial charge is 0.448 e. The summed E-state index contributed by atoms with van der Waals surface area (Å²) in [5.41, 5.74) is 3.47. The van der Waals surface area contributed by atoms with Crippen molar-refractivity contribution in [3.05, 3.63) is 54.6 Å². The van der Waals surface area contributed by atoms with Crippen molar-refractivity contribution in [3.8, 4) is 22.5 Å². The highest BCUT2D eigenvalue weighted by atomic mass is 32.1. The van der Waals surface area contributed by atoms with E-state index in [0.717, 1.165) is 32.0 Å². The summed E-state index contributed by atoms with van der Waals surface area (Å²) in [6.45, 7) is 0. The van der Waals surface area contributed by atoms with Crippen LogP contribution in [0.2, 0.25) is 0 Å². The topological polar surface area (TPSA) is 95.6 Å². The molecule has 1 saturated carbocycles. The van der Waals surface area contributed by atoms with Gasteiger partial charge in [-0.05, 0) is 49.1 Å². The molecule has 0 atom stereocenters. The van der Waals surface area contributed by atoms with Crippen molar-refractivity contribution in [1.82, 2.24) is 4.98 Å². The van der Waals surface area contributed by atoms with Crippen LogP contribution >= 0.6 is 18.9 Å². The molecule has 0 saturated heterocycles. The van der Waals surface area contributed by atoms with Gasteiger partial charge in [0.05, 0.1) is 10.2 Å². The van der Waals surface area contributed by atoms with Crippen molar-refractivity contribution in [3.63, 3.8) is 0 Å². The second-order valence-electron chi connectivity index (χ2n) is 7.21. The number of thiazole rings is 1. The Balaban J connectivity index is 1.52. The monoisotopic (exact) mass is 426 g/mol. The first-order chi connectivity index (χ1) is 14.0. The molecular formula is C21H19N2O4PS. The normalized spacial score (nSPS) is 14.8. The van der Waals surface area contributed by atoms with Crippen molar-refractivity contribution in [1.29, 1.82) is 0 Å². The van der Waals surface area contributed by atoms with Gasteiger partial charge in [0.25, 0.3) is 0 Å². The van der Waals surface area contributed by atoms with E-state index in [1.165, 1.54) is 25.3 Å². The van der Waals surface area contributed by atoms with E-state index in [2.05, 4.69) is 11.4 Å². The summed E-state index contributed by atoms with van der Waals surface area (Å²) in [6, 6.07) is 17.3. The van der Waals surface area contributed by atoms with Crippen LogP contribution in [0.1, 0.15) is 19.3 Å². The van der Waals surface area contributed by atoms with Crippen LogP contribution in [0.25, 0.3) is 32.7 Å². The van der Waals surface area contributed by atoms with Crippen molar-refractivity contribution >= 4 is 39.8 Å². The quantitative estimate of drug-likeness (QED) is 0.389. The second-order valence-corrected chi connectivity index (χ2v) is 9.74. The molecule has 0 amide bonds. The molecule has 6 nitrogen and oxygen atoms in total. The van der Waals surface area contributed by atoms with E-state index in [0.29, 0.717) is 11.8 Å². The van der Waals surface area contributed by atoms with Gasteiger partial charge in [-0.2, -0.15) is 0 Å². The third kappa shape index (κ3) is 3.63. The lowest BCUT2D eigenvalue weighted by Gasteiger charge is -2.25. The summed E-state index contributed by atoms with van der Waals surface area (Å²) in [6.07, 6.45) is 3.67. The van der Waals surface area contributed by atoms with E-state index in [9.17, 15) is 14.4 Å². The predicted molar refractivity (Wildman–Crippen MR) is 116 cm³/mol. The van der Waals surface area contributed by atoms with Gasteiger partial charge in [0.15, 0.2) is 5.13 Å². The molecule has 29 heavy (non-hydrogen) atoms. The highest BCUT2D eigenvalue weighted by Crippen LogP contribution is 2.39. The van der Waals surface area contributed by atoms with Gasteiger partial charge in [0, 0.05) is 17.2 Å². The van der Waals surface area contributed by atoms with E-state index in [1.54, 1.807) is 17.4 Å². The maximum absolute atomic E-state index is 11.4. The molecule has 1 aliphatic rings. The fourth-order valence-corrected chi connectivity index (χ4v) is 5.01. The minimum atomic E-state index is -4.41. The zero-order valence-electron chi connectivity index (χ0n) is 15.4. The Morgan fingerprint density at radius 3 is 2.59 bits per heavy atom. The smallest absolute Gasteiger partial charge is 0.391 e. The molecule has 0 unspecified atom stereocenters. The summed E-state index contributed by atoms with van der Waals surface area (Å²) < 4.78 is 17.9. The number of aromatic nitrogens is 1. The molecule has 4 aromatic rings. The SMILES string of the molecule is O=P(O)(O)c1ccc(-c2cccc(-c3cccc4nc(NC5CCC5)sc34)c2)o1. The number of nitrogens with zero attached hydrogens (tertiary/aromatic N) is 1. The fourth-order valence-electron chi connectivity index (χ4n) is 3.44. The van der Waals surface area contributed by atoms with E-state index in [-0.39, 0.29) is 5.50 Å². The Labute approximate surface area is 171 Å². The lowest BCUT2D eigenvalue weighted by Crippen LogP contribution is -2.26. The second kappa shape index (κ2) is 7.11. The predicted octanol–water partition coefficient (Wildman–Crippen LogP) is 4.99. The summed E-state index contributed by atoms with van der Waals surface area (Å²) in [4.78, 5) is 23.3. The van der Waals surface area contributed by atoms with Crippen LogP contribution in [0, 0.1) is 0 Å². The number of furan rings is 1. The number of nitrogens with one attached hydrogen (secondary N) is 1. The Hall–Kier alpha value is -2.44. The summed E-state index contributed by atoms with van der Waals surface area (Å²) in [5, 5.41) is 4.47. The molecular weight excluding hydrogens is 407 g/mol. The maximum Gasteiger partial charge on any atom is 0.391 e. The van der Waals surface area contributed by atoms with Gasteiger partial charge in [0.1, 0.15) is 5.76 Å². The van der Waals surface area contributed by atoms with Crippen molar-refractivity contribution in [2.24, 2.45) is 0 Å². The molecule has 1 fully saturated rings. The molecule has 2 heterocycles. The summed E-state index contributed by atoms with van der Waals surface area (Å²) in [5.74, 6) is 0.425. The van der Waals surface area contributed by atoms with E-state index in [4.69, 9.17) is 9.40 Å². The lowest BCUT2D eigenvalue weighted by atomic mass is 9.93. The number of benzene rings is 2. The van der Waals surface area contributed by atoms with Gasteiger partial charge >= 0.3 is 7.60 Å². The van der Waals surface area contributed by atoms with Crippen molar-refractivity contribution < 1.29 is 18.8 Å². The molecule has 0 aliphatic heterocycles. The highest BCUT2D eigenvalue weighted by Gasteiger charge is 2.22. The third-order valence-corrected chi connectivity index (χ3v) is 7.03. The van der Waals surface area contributed by atoms with E-state index >= 15 is 0 Å². The molecule has 1 aliphatic carbocycles. The van der Waals surface area contributed by atoms with Gasteiger partial charge in [-0.15, -0.1) is 0 Å². The average Bonchev–Trinajstić information content (AvgIpc) is 3.31. The van der Waals surface area contributed by atoms with Crippen LogP contribution in [-0.4, -0.2) is 20.8 Å². The van der Waals surface area contributed by atoms with Crippen LogP contribution in [0.4, 0.5) is 5.13 Å². The zero-order chi connectivity index (χ0) is 20.0. The fraction of sp³-hybridized carbons (Fsp3) is 0.190. The first kappa shape index (κ1) is 18.6. The summed E-state index contributed by atoms with van der Waals surface area (Å²) in [7, 11) is -4.41. The highest BCUT2D eigenvalue weighted by molar-refractivity contribution is 7.59. The van der Waals surface area contributed by atoms with Crippen molar-refractivity contribution in [2.75, 3.05) is 5.32 Å². The molecule has 3 N–H and O–H groups in total. The standard InChI is InChI=1S/C21H19N2O4PS/c24-28(25,26)19-11-10-18(27-19)14-5-1-4-13(12-14)16-8-3-9-17-20(16)29-21(23-17)22-15-6-2-7-15/h1,3-5,8-12,15H,2,6-7H2,(H,22,23)(H2,24,25,26). The third-order valence-electron chi connectivity index (χ3n) is 5.18. The van der Waals surface area contributed by atoms with Gasteiger partial charge < -0.3 is 19.5 Å². The minimum Gasteiger partial charge on any atom is -0.448 e. The molecule has 2 aromatic carbocycles. The Morgan fingerprint density at radius 1 is 1.07 bits per heavy atom. The van der Waals surface area contributed by atoms with E-state index < -0.39 is 7.60 Å². The number of fused-ring (bicyclic) bond motifs is 1. The van der Waals surface area contributed by atoms with Crippen LogP contribution in [0.5, 0.6) is 0 Å². The molecule has 2 aromatic heterocycles. The number of hydrogen-bond acceptors (Lipinski definition) is 5. The molecule has 8 heteroatoms. The van der Waals surface area contributed by atoms with Gasteiger partial charge in [-0.3, -0.25) is 4.57 Å². The number of rotatable bonds is 5. The first-order valence-corrected chi connectivity index (χ1v) is 11.8. The number of anilines is 1. The molecule has 5 rings (SSSR count). The molecule has 0 bridgehead atoms. The van der Waals surface area contributed by atoms with Crippen LogP contribution in [-0.2, 0) is 4.57 Å². The number of hydrogen-bond donors (Lipinski definition) is 3. The Kier molecular flexibility index (Phi) is 4.56. The van der Waals surface area contributed by atoms with Gasteiger partial charge in [-0.25, -0.2) is 4.98 Å². The Morgan fingerprint density at radius 2 is 1.86 bits per heavy atom. The van der Waals surface area contributed by atoms with E-state index in [1.807, 2.05) is 36.4 Å².